The summed E-state index contributed by atoms with van der Waals surface area (Å²) >= 11 is 0. The third-order valence-electron chi connectivity index (χ3n) is 8.65. The maximum Gasteiger partial charge on any atom is 0.220 e. The van der Waals surface area contributed by atoms with Crippen LogP contribution in [0.15, 0.2) is 36.5 Å². The minimum atomic E-state index is -1.79. The molecule has 2 saturated heterocycles. The molecule has 0 saturated carbocycles. The van der Waals surface area contributed by atoms with Gasteiger partial charge in [-0.15, -0.1) is 0 Å². The largest absolute Gasteiger partial charge is 0.394 e. The first-order valence-electron chi connectivity index (χ1n) is 17.7. The SMILES string of the molecule is C/C=C/CC/C=C/CC/C=C/C(O)C(COC1OC(CO)C(OC2OC(CO)C(O)C(O)C2O)C(O)C1O)NC(=O)CCCCCCCC. The van der Waals surface area contributed by atoms with Gasteiger partial charge in [0.1, 0.15) is 48.8 Å². The molecule has 9 N–H and O–H groups in total. The van der Waals surface area contributed by atoms with Crippen LogP contribution in [0.1, 0.15) is 84.5 Å². The zero-order chi connectivity index (χ0) is 36.2. The second-order valence-corrected chi connectivity index (χ2v) is 12.6. The van der Waals surface area contributed by atoms with Crippen LogP contribution in [0.5, 0.6) is 0 Å². The van der Waals surface area contributed by atoms with Gasteiger partial charge in [0.15, 0.2) is 12.6 Å². The van der Waals surface area contributed by atoms with Gasteiger partial charge >= 0.3 is 0 Å². The molecule has 14 heteroatoms. The summed E-state index contributed by atoms with van der Waals surface area (Å²) in [6.07, 6.45) is 4.28. The Labute approximate surface area is 290 Å². The fraction of sp³-hybridized carbons (Fsp3) is 0.800. The number of nitrogens with one attached hydrogen (secondary N) is 1. The molecule has 0 aromatic heterocycles. The number of aliphatic hydroxyl groups is 8. The van der Waals surface area contributed by atoms with Crippen molar-refractivity contribution in [3.63, 3.8) is 0 Å². The van der Waals surface area contributed by atoms with Gasteiger partial charge in [0.05, 0.1) is 32.0 Å². The minimum absolute atomic E-state index is 0.266. The molecule has 1 amide bonds. The van der Waals surface area contributed by atoms with Crippen LogP contribution in [0, 0.1) is 0 Å². The van der Waals surface area contributed by atoms with Crippen molar-refractivity contribution in [1.29, 1.82) is 0 Å². The van der Waals surface area contributed by atoms with Crippen LogP contribution in [-0.2, 0) is 23.7 Å². The van der Waals surface area contributed by atoms with Crippen LogP contribution in [0.3, 0.4) is 0 Å². The summed E-state index contributed by atoms with van der Waals surface area (Å²) in [5.74, 6) is -0.271. The maximum atomic E-state index is 12.8. The highest BCUT2D eigenvalue weighted by molar-refractivity contribution is 5.76. The highest BCUT2D eigenvalue weighted by Crippen LogP contribution is 2.29. The molecule has 2 fully saturated rings. The first-order chi connectivity index (χ1) is 23.6. The van der Waals surface area contributed by atoms with E-state index in [0.29, 0.717) is 12.8 Å². The zero-order valence-electron chi connectivity index (χ0n) is 28.9. The van der Waals surface area contributed by atoms with Crippen molar-refractivity contribution in [3.8, 4) is 0 Å². The molecule has 49 heavy (non-hydrogen) atoms. The average molecular weight is 704 g/mol. The van der Waals surface area contributed by atoms with Gasteiger partial charge in [-0.25, -0.2) is 0 Å². The molecule has 0 radical (unpaired) electrons. The number of aliphatic hydroxyl groups excluding tert-OH is 8. The smallest absolute Gasteiger partial charge is 0.220 e. The molecule has 284 valence electrons. The molecule has 2 aliphatic rings. The van der Waals surface area contributed by atoms with Gasteiger partial charge in [0.25, 0.3) is 0 Å². The molecule has 0 spiro atoms. The third kappa shape index (κ3) is 14.8. The summed E-state index contributed by atoms with van der Waals surface area (Å²) in [4.78, 5) is 12.8. The van der Waals surface area contributed by atoms with Gasteiger partial charge < -0.3 is 65.1 Å². The van der Waals surface area contributed by atoms with Gasteiger partial charge in [-0.3, -0.25) is 4.79 Å². The minimum Gasteiger partial charge on any atom is -0.394 e. The molecule has 2 rings (SSSR count). The Kier molecular flexibility index (Phi) is 21.6. The molecule has 14 nitrogen and oxygen atoms in total. The number of amides is 1. The van der Waals surface area contributed by atoms with Crippen molar-refractivity contribution < 1.29 is 64.6 Å². The zero-order valence-corrected chi connectivity index (χ0v) is 28.9. The fourth-order valence-electron chi connectivity index (χ4n) is 5.62. The summed E-state index contributed by atoms with van der Waals surface area (Å²) in [5, 5.41) is 85.5. The predicted molar refractivity (Wildman–Crippen MR) is 180 cm³/mol. The summed E-state index contributed by atoms with van der Waals surface area (Å²) in [6, 6.07) is -0.927. The molecule has 0 aromatic rings. The molecular weight excluding hydrogens is 642 g/mol. The highest BCUT2D eigenvalue weighted by atomic mass is 16.7. The second kappa shape index (κ2) is 24.4. The number of allylic oxidation sites excluding steroid dienone is 5. The van der Waals surface area contributed by atoms with Crippen LogP contribution < -0.4 is 5.32 Å². The summed E-state index contributed by atoms with van der Waals surface area (Å²) in [7, 11) is 0. The van der Waals surface area contributed by atoms with E-state index in [1.807, 2.05) is 19.1 Å². The molecule has 2 aliphatic heterocycles. The van der Waals surface area contributed by atoms with Crippen LogP contribution in [0.2, 0.25) is 0 Å². The van der Waals surface area contributed by atoms with Crippen LogP contribution in [0.4, 0.5) is 0 Å². The summed E-state index contributed by atoms with van der Waals surface area (Å²) < 4.78 is 22.4. The number of carbonyl (C=O) groups is 1. The second-order valence-electron chi connectivity index (χ2n) is 12.6. The number of carbonyl (C=O) groups excluding carboxylic acids is 1. The molecular formula is C35H61NO13. The van der Waals surface area contributed by atoms with Crippen LogP contribution in [-0.4, -0.2) is 140 Å². The molecule has 12 atom stereocenters. The summed E-state index contributed by atoms with van der Waals surface area (Å²) in [6.45, 7) is 2.37. The van der Waals surface area contributed by atoms with Gasteiger partial charge in [-0.05, 0) is 39.0 Å². The molecule has 0 aliphatic carbocycles. The Hall–Kier alpha value is -1.79. The summed E-state index contributed by atoms with van der Waals surface area (Å²) in [5.41, 5.74) is 0. The Morgan fingerprint density at radius 3 is 2.00 bits per heavy atom. The monoisotopic (exact) mass is 703 g/mol. The van der Waals surface area contributed by atoms with Crippen molar-refractivity contribution in [1.82, 2.24) is 5.32 Å². The van der Waals surface area contributed by atoms with E-state index >= 15 is 0 Å². The lowest BCUT2D eigenvalue weighted by Gasteiger charge is -2.46. The molecule has 2 heterocycles. The van der Waals surface area contributed by atoms with Crippen molar-refractivity contribution >= 4 is 5.91 Å². The van der Waals surface area contributed by atoms with E-state index in [2.05, 4.69) is 30.5 Å². The molecule has 0 bridgehead atoms. The average Bonchev–Trinajstić information content (AvgIpc) is 3.09. The lowest BCUT2D eigenvalue weighted by Crippen LogP contribution is -2.65. The van der Waals surface area contributed by atoms with Crippen molar-refractivity contribution in [2.24, 2.45) is 0 Å². The Morgan fingerprint density at radius 2 is 1.35 bits per heavy atom. The highest BCUT2D eigenvalue weighted by Gasteiger charge is 2.50. The third-order valence-corrected chi connectivity index (χ3v) is 8.65. The number of unbranched alkanes of at least 4 members (excludes halogenated alkanes) is 7. The number of ether oxygens (including phenoxy) is 4. The van der Waals surface area contributed by atoms with Crippen LogP contribution >= 0.6 is 0 Å². The Balaban J connectivity index is 2.03. The van der Waals surface area contributed by atoms with Gasteiger partial charge in [0, 0.05) is 6.42 Å². The molecule has 12 unspecified atom stereocenters. The fourth-order valence-corrected chi connectivity index (χ4v) is 5.62. The van der Waals surface area contributed by atoms with Crippen LogP contribution in [0.25, 0.3) is 0 Å². The lowest BCUT2D eigenvalue weighted by atomic mass is 9.97. The van der Waals surface area contributed by atoms with Gasteiger partial charge in [0.2, 0.25) is 5.91 Å². The first kappa shape index (κ1) is 43.4. The number of rotatable bonds is 23. The van der Waals surface area contributed by atoms with E-state index in [-0.39, 0.29) is 18.9 Å². The Bertz CT molecular complexity index is 977. The normalized spacial score (nSPS) is 32.3. The van der Waals surface area contributed by atoms with Crippen molar-refractivity contribution in [2.45, 2.75) is 158 Å². The van der Waals surface area contributed by atoms with E-state index in [0.717, 1.165) is 51.4 Å². The predicted octanol–water partition coefficient (Wildman–Crippen LogP) is 0.472. The first-order valence-corrected chi connectivity index (χ1v) is 17.7. The van der Waals surface area contributed by atoms with E-state index in [1.54, 1.807) is 6.08 Å². The van der Waals surface area contributed by atoms with E-state index in [9.17, 15) is 45.6 Å². The van der Waals surface area contributed by atoms with Gasteiger partial charge in [-0.1, -0.05) is 75.5 Å². The van der Waals surface area contributed by atoms with E-state index < -0.39 is 86.8 Å². The topological polar surface area (TPSA) is 228 Å². The van der Waals surface area contributed by atoms with Gasteiger partial charge in [-0.2, -0.15) is 0 Å². The molecule has 0 aromatic carbocycles. The maximum absolute atomic E-state index is 12.8. The number of hydrogen-bond acceptors (Lipinski definition) is 13. The van der Waals surface area contributed by atoms with E-state index in [4.69, 9.17) is 18.9 Å². The van der Waals surface area contributed by atoms with Crippen molar-refractivity contribution in [3.05, 3.63) is 36.5 Å². The Morgan fingerprint density at radius 1 is 0.755 bits per heavy atom. The number of hydrogen-bond donors (Lipinski definition) is 9. The quantitative estimate of drug-likeness (QED) is 0.0522. The van der Waals surface area contributed by atoms with E-state index in [1.165, 1.54) is 0 Å². The van der Waals surface area contributed by atoms with Crippen molar-refractivity contribution in [2.75, 3.05) is 19.8 Å². The lowest BCUT2D eigenvalue weighted by molar-refractivity contribution is -0.359. The standard InChI is InChI=1S/C35H61NO13/c1-3-5-7-9-11-12-13-14-16-18-24(39)23(36-27(40)19-17-15-10-8-6-4-2)22-46-34-32(45)30(43)33(26(21-38)48-34)49-35-31(44)29(42)28(41)25(20-37)47-35/h3,5,11-12,16,18,23-26,28-35,37-39,41-45H,4,6-10,13-15,17,19-22H2,1-2H3,(H,36,40)/b5-3+,12-11+,18-16+.